The van der Waals surface area contributed by atoms with Crippen molar-refractivity contribution in [2.24, 2.45) is 11.8 Å². The first kappa shape index (κ1) is 22.9. The number of amides is 2. The number of alkyl halides is 1. The number of nitrogens with one attached hydrogen (secondary N) is 2. The Labute approximate surface area is 183 Å². The van der Waals surface area contributed by atoms with E-state index in [1.807, 2.05) is 43.3 Å². The number of carbonyl (C=O) groups excluding carboxylic acids is 2. The second-order valence-electron chi connectivity index (χ2n) is 8.10. The molecule has 3 atom stereocenters. The third-order valence-corrected chi connectivity index (χ3v) is 5.99. The molecule has 1 aromatic rings. The van der Waals surface area contributed by atoms with Crippen LogP contribution < -0.4 is 10.6 Å². The lowest BCUT2D eigenvalue weighted by Gasteiger charge is -2.17. The number of ether oxygens (including phenoxy) is 1. The van der Waals surface area contributed by atoms with E-state index in [0.29, 0.717) is 42.6 Å². The van der Waals surface area contributed by atoms with Crippen molar-refractivity contribution in [2.45, 2.75) is 32.2 Å². The average Bonchev–Trinajstić information content (AvgIpc) is 3.19. The van der Waals surface area contributed by atoms with Crippen molar-refractivity contribution < 1.29 is 18.7 Å². The van der Waals surface area contributed by atoms with Crippen molar-refractivity contribution in [1.29, 1.82) is 0 Å². The smallest absolute Gasteiger partial charge is 0.251 e. The lowest BCUT2D eigenvalue weighted by molar-refractivity contribution is -0.117. The Balaban J connectivity index is 1.93. The lowest BCUT2D eigenvalue weighted by atomic mass is 9.89. The predicted molar refractivity (Wildman–Crippen MR) is 119 cm³/mol. The molecule has 31 heavy (non-hydrogen) atoms. The minimum Gasteiger partial charge on any atom is -0.381 e. The lowest BCUT2D eigenvalue weighted by Crippen LogP contribution is -2.31. The van der Waals surface area contributed by atoms with Gasteiger partial charge in [-0.2, -0.15) is 0 Å². The predicted octanol–water partition coefficient (Wildman–Crippen LogP) is 3.46. The SMILES string of the molecule is CC/C=C(/C=C(\C=C(/C)C(=O)NC)C(=O)NC1C2COCC21)C(CF)c1ccccc1. The molecule has 6 heteroatoms. The zero-order chi connectivity index (χ0) is 22.4. The molecule has 1 aliphatic heterocycles. The van der Waals surface area contributed by atoms with Gasteiger partial charge in [0, 0.05) is 42.0 Å². The van der Waals surface area contributed by atoms with Gasteiger partial charge in [-0.25, -0.2) is 0 Å². The van der Waals surface area contributed by atoms with Crippen molar-refractivity contribution in [2.75, 3.05) is 26.9 Å². The fourth-order valence-electron chi connectivity index (χ4n) is 4.13. The number of hydrogen-bond donors (Lipinski definition) is 2. The first-order chi connectivity index (χ1) is 15.0. The third kappa shape index (κ3) is 5.50. The zero-order valence-corrected chi connectivity index (χ0v) is 18.4. The van der Waals surface area contributed by atoms with Crippen molar-refractivity contribution in [1.82, 2.24) is 10.6 Å². The number of allylic oxidation sites excluding steroid dienone is 3. The van der Waals surface area contributed by atoms with Gasteiger partial charge in [0.2, 0.25) is 5.91 Å². The van der Waals surface area contributed by atoms with Crippen LogP contribution in [0.2, 0.25) is 0 Å². The molecule has 0 spiro atoms. The number of carbonyl (C=O) groups is 2. The van der Waals surface area contributed by atoms with Gasteiger partial charge >= 0.3 is 0 Å². The summed E-state index contributed by atoms with van der Waals surface area (Å²) < 4.78 is 19.5. The van der Waals surface area contributed by atoms with Crippen LogP contribution in [-0.4, -0.2) is 44.8 Å². The Morgan fingerprint density at radius 1 is 1.16 bits per heavy atom. The van der Waals surface area contributed by atoms with E-state index >= 15 is 0 Å². The quantitative estimate of drug-likeness (QED) is 0.469. The van der Waals surface area contributed by atoms with E-state index in [2.05, 4.69) is 10.6 Å². The molecule has 1 aromatic carbocycles. The number of hydrogen-bond acceptors (Lipinski definition) is 3. The summed E-state index contributed by atoms with van der Waals surface area (Å²) in [7, 11) is 1.55. The van der Waals surface area contributed by atoms with Gasteiger partial charge in [-0.05, 0) is 36.6 Å². The van der Waals surface area contributed by atoms with Crippen molar-refractivity contribution >= 4 is 11.8 Å². The maximum Gasteiger partial charge on any atom is 0.251 e. The highest BCUT2D eigenvalue weighted by Crippen LogP contribution is 2.44. The maximum absolute atomic E-state index is 14.1. The molecule has 0 radical (unpaired) electrons. The van der Waals surface area contributed by atoms with E-state index in [1.54, 1.807) is 26.1 Å². The Morgan fingerprint density at radius 2 is 1.84 bits per heavy atom. The van der Waals surface area contributed by atoms with Crippen molar-refractivity contribution in [3.63, 3.8) is 0 Å². The summed E-state index contributed by atoms with van der Waals surface area (Å²) in [6, 6.07) is 9.52. The summed E-state index contributed by atoms with van der Waals surface area (Å²) in [6.07, 6.45) is 5.93. The highest BCUT2D eigenvalue weighted by atomic mass is 19.1. The molecule has 2 aliphatic rings. The normalized spacial score (nSPS) is 24.4. The van der Waals surface area contributed by atoms with Gasteiger partial charge in [0.1, 0.15) is 6.67 Å². The molecule has 1 aliphatic carbocycles. The van der Waals surface area contributed by atoms with Crippen LogP contribution in [-0.2, 0) is 14.3 Å². The first-order valence-corrected chi connectivity index (χ1v) is 10.8. The summed E-state index contributed by atoms with van der Waals surface area (Å²) in [4.78, 5) is 25.2. The van der Waals surface area contributed by atoms with E-state index in [4.69, 9.17) is 4.74 Å². The number of halogens is 1. The third-order valence-electron chi connectivity index (χ3n) is 5.99. The molecule has 2 fully saturated rings. The van der Waals surface area contributed by atoms with Crippen LogP contribution in [0.25, 0.3) is 0 Å². The van der Waals surface area contributed by atoms with Gasteiger partial charge in [-0.1, -0.05) is 43.3 Å². The largest absolute Gasteiger partial charge is 0.381 e. The Kier molecular flexibility index (Phi) is 7.80. The number of benzene rings is 1. The Bertz CT molecular complexity index is 881. The van der Waals surface area contributed by atoms with E-state index in [1.165, 1.54) is 0 Å². The molecule has 1 saturated carbocycles. The van der Waals surface area contributed by atoms with Crippen LogP contribution in [0.5, 0.6) is 0 Å². The molecule has 1 saturated heterocycles. The van der Waals surface area contributed by atoms with Crippen LogP contribution in [0.15, 0.2) is 65.3 Å². The van der Waals surface area contributed by atoms with E-state index in [0.717, 1.165) is 11.1 Å². The average molecular weight is 427 g/mol. The van der Waals surface area contributed by atoms with Gasteiger partial charge < -0.3 is 15.4 Å². The standard InChI is InChI=1S/C25H31FN2O3/c1-4-8-18(20(13-26)17-9-6-5-7-10-17)12-19(11-16(2)24(29)27-3)25(30)28-23-21-14-31-15-22(21)23/h5-12,20-23H,4,13-15H2,1-3H3,(H,27,29)(H,28,30)/b16-11+,18-8-,19-12+. The molecule has 3 rings (SSSR count). The highest BCUT2D eigenvalue weighted by Gasteiger charge is 2.54. The topological polar surface area (TPSA) is 67.4 Å². The van der Waals surface area contributed by atoms with Crippen LogP contribution in [0.1, 0.15) is 31.7 Å². The second-order valence-corrected chi connectivity index (χ2v) is 8.10. The van der Waals surface area contributed by atoms with Gasteiger partial charge in [0.25, 0.3) is 5.91 Å². The van der Waals surface area contributed by atoms with E-state index < -0.39 is 12.6 Å². The molecule has 5 nitrogen and oxygen atoms in total. The Hall–Kier alpha value is -2.73. The van der Waals surface area contributed by atoms with Gasteiger partial charge in [-0.3, -0.25) is 14.0 Å². The monoisotopic (exact) mass is 426 g/mol. The molecule has 2 N–H and O–H groups in total. The molecule has 1 heterocycles. The maximum atomic E-state index is 14.1. The molecule has 0 bridgehead atoms. The molecule has 3 unspecified atom stereocenters. The van der Waals surface area contributed by atoms with Crippen LogP contribution in [0, 0.1) is 11.8 Å². The Morgan fingerprint density at radius 3 is 2.42 bits per heavy atom. The second kappa shape index (κ2) is 10.5. The fraction of sp³-hybridized carbons (Fsp3) is 0.440. The molecular formula is C25H31FN2O3. The number of likely N-dealkylation sites (N-methyl/N-ethyl adjacent to an activating group) is 1. The van der Waals surface area contributed by atoms with Crippen LogP contribution >= 0.6 is 0 Å². The summed E-state index contributed by atoms with van der Waals surface area (Å²) in [6.45, 7) is 4.39. The van der Waals surface area contributed by atoms with Gasteiger partial charge in [0.15, 0.2) is 0 Å². The number of rotatable bonds is 9. The summed E-state index contributed by atoms with van der Waals surface area (Å²) >= 11 is 0. The van der Waals surface area contributed by atoms with Gasteiger partial charge in [0.05, 0.1) is 13.2 Å². The summed E-state index contributed by atoms with van der Waals surface area (Å²) in [5.41, 5.74) is 2.33. The zero-order valence-electron chi connectivity index (χ0n) is 18.4. The van der Waals surface area contributed by atoms with Crippen LogP contribution in [0.3, 0.4) is 0 Å². The van der Waals surface area contributed by atoms with Crippen molar-refractivity contribution in [3.8, 4) is 0 Å². The highest BCUT2D eigenvalue weighted by molar-refractivity contribution is 6.01. The fourth-order valence-corrected chi connectivity index (χ4v) is 4.13. The first-order valence-electron chi connectivity index (χ1n) is 10.8. The molecule has 166 valence electrons. The van der Waals surface area contributed by atoms with E-state index in [-0.39, 0.29) is 17.9 Å². The molecule has 0 aromatic heterocycles. The minimum atomic E-state index is -0.580. The minimum absolute atomic E-state index is 0.100. The van der Waals surface area contributed by atoms with Crippen LogP contribution in [0.4, 0.5) is 4.39 Å². The summed E-state index contributed by atoms with van der Waals surface area (Å²) in [5.74, 6) is -0.270. The number of fused-ring (bicyclic) bond motifs is 1. The van der Waals surface area contributed by atoms with Gasteiger partial charge in [-0.15, -0.1) is 0 Å². The summed E-state index contributed by atoms with van der Waals surface area (Å²) in [5, 5.41) is 5.65. The molecule has 2 amide bonds. The van der Waals surface area contributed by atoms with E-state index in [9.17, 15) is 14.0 Å². The van der Waals surface area contributed by atoms with Crippen molar-refractivity contribution in [3.05, 3.63) is 70.8 Å². The molecular weight excluding hydrogens is 395 g/mol.